The number of aliphatic hydroxyl groups is 1. The lowest BCUT2D eigenvalue weighted by atomic mass is 9.90. The van der Waals surface area contributed by atoms with Crippen LogP contribution in [0.25, 0.3) is 0 Å². The highest BCUT2D eigenvalue weighted by molar-refractivity contribution is 5.82. The summed E-state index contributed by atoms with van der Waals surface area (Å²) in [5, 5.41) is 19.7. The molecule has 3 aromatic carbocycles. The molecule has 3 rings (SSSR count). The Labute approximate surface area is 192 Å². The molecule has 3 aromatic rings. The van der Waals surface area contributed by atoms with Crippen molar-refractivity contribution in [2.45, 2.75) is 24.9 Å². The smallest absolute Gasteiger partial charge is 0.352 e. The van der Waals surface area contributed by atoms with E-state index >= 15 is 0 Å². The first-order valence-corrected chi connectivity index (χ1v) is 10.3. The Kier molecular flexibility index (Phi) is 7.92. The normalized spacial score (nSPS) is 14.2. The van der Waals surface area contributed by atoms with E-state index in [4.69, 9.17) is 15.2 Å². The summed E-state index contributed by atoms with van der Waals surface area (Å²) in [4.78, 5) is 26.0. The van der Waals surface area contributed by atoms with Gasteiger partial charge in [-0.15, -0.1) is 0 Å². The first-order chi connectivity index (χ1) is 15.9. The molecule has 3 unspecified atom stereocenters. The molecule has 0 aliphatic heterocycles. The Bertz CT molecular complexity index is 1100. The molecule has 7 nitrogen and oxygen atoms in total. The minimum Gasteiger partial charge on any atom is -0.458 e. The van der Waals surface area contributed by atoms with Crippen LogP contribution in [0.1, 0.15) is 22.8 Å². The highest BCUT2D eigenvalue weighted by Gasteiger charge is 2.42. The van der Waals surface area contributed by atoms with Crippen molar-refractivity contribution in [3.05, 3.63) is 108 Å². The standard InChI is InChI=1S/C26H24N2O5/c27-18-26(28,31)22(16-19-10-4-1-5-11-19)24(29)33-23(21-14-8-3-9-15-21)25(30)32-17-20-12-6-2-7-13-20/h1-15,22-23,31H,16-17,28H2. The third-order valence-electron chi connectivity index (χ3n) is 5.05. The lowest BCUT2D eigenvalue weighted by molar-refractivity contribution is -0.175. The van der Waals surface area contributed by atoms with Crippen molar-refractivity contribution in [1.29, 1.82) is 5.26 Å². The highest BCUT2D eigenvalue weighted by Crippen LogP contribution is 2.26. The number of esters is 2. The van der Waals surface area contributed by atoms with Crippen LogP contribution in [-0.4, -0.2) is 22.8 Å². The number of ether oxygens (including phenoxy) is 2. The van der Waals surface area contributed by atoms with Gasteiger partial charge < -0.3 is 14.6 Å². The molecule has 0 spiro atoms. The molecule has 0 aliphatic rings. The largest absolute Gasteiger partial charge is 0.458 e. The number of hydrogen-bond acceptors (Lipinski definition) is 7. The molecule has 168 valence electrons. The van der Waals surface area contributed by atoms with E-state index in [1.165, 1.54) is 0 Å². The van der Waals surface area contributed by atoms with Crippen molar-refractivity contribution in [3.63, 3.8) is 0 Å². The van der Waals surface area contributed by atoms with Gasteiger partial charge in [0.25, 0.3) is 0 Å². The summed E-state index contributed by atoms with van der Waals surface area (Å²) in [7, 11) is 0. The van der Waals surface area contributed by atoms with Gasteiger partial charge in [-0.05, 0) is 17.5 Å². The van der Waals surface area contributed by atoms with Crippen LogP contribution >= 0.6 is 0 Å². The van der Waals surface area contributed by atoms with Gasteiger partial charge in [0.15, 0.2) is 0 Å². The number of nitrogens with two attached hydrogens (primary N) is 1. The van der Waals surface area contributed by atoms with Gasteiger partial charge in [-0.1, -0.05) is 91.0 Å². The maximum Gasteiger partial charge on any atom is 0.352 e. The lowest BCUT2D eigenvalue weighted by Crippen LogP contribution is -2.51. The summed E-state index contributed by atoms with van der Waals surface area (Å²) in [6.07, 6.45) is -1.45. The molecule has 3 atom stereocenters. The summed E-state index contributed by atoms with van der Waals surface area (Å²) in [5.74, 6) is -3.21. The van der Waals surface area contributed by atoms with E-state index in [0.717, 1.165) is 5.56 Å². The van der Waals surface area contributed by atoms with Crippen molar-refractivity contribution in [2.75, 3.05) is 0 Å². The number of carbonyl (C=O) groups is 2. The molecular weight excluding hydrogens is 420 g/mol. The van der Waals surface area contributed by atoms with Crippen molar-refractivity contribution < 1.29 is 24.2 Å². The van der Waals surface area contributed by atoms with E-state index in [2.05, 4.69) is 0 Å². The quantitative estimate of drug-likeness (QED) is 0.295. The zero-order valence-corrected chi connectivity index (χ0v) is 17.8. The molecular formula is C26H24N2O5. The second-order valence-electron chi connectivity index (χ2n) is 7.50. The van der Waals surface area contributed by atoms with Crippen LogP contribution in [0.3, 0.4) is 0 Å². The minimum absolute atomic E-state index is 0.00692. The summed E-state index contributed by atoms with van der Waals surface area (Å²) < 4.78 is 10.9. The molecule has 0 saturated heterocycles. The number of nitriles is 1. The molecule has 0 amide bonds. The van der Waals surface area contributed by atoms with E-state index in [-0.39, 0.29) is 13.0 Å². The van der Waals surface area contributed by atoms with Gasteiger partial charge in [0, 0.05) is 5.56 Å². The number of nitrogens with zero attached hydrogens (tertiary/aromatic N) is 1. The molecule has 33 heavy (non-hydrogen) atoms. The third kappa shape index (κ3) is 6.50. The monoisotopic (exact) mass is 444 g/mol. The maximum atomic E-state index is 13.1. The molecule has 0 heterocycles. The average molecular weight is 444 g/mol. The molecule has 3 N–H and O–H groups in total. The van der Waals surface area contributed by atoms with Crippen molar-refractivity contribution >= 4 is 11.9 Å². The van der Waals surface area contributed by atoms with Crippen molar-refractivity contribution in [2.24, 2.45) is 11.7 Å². The van der Waals surface area contributed by atoms with Gasteiger partial charge in [-0.3, -0.25) is 10.5 Å². The predicted molar refractivity (Wildman–Crippen MR) is 120 cm³/mol. The fourth-order valence-corrected chi connectivity index (χ4v) is 3.23. The summed E-state index contributed by atoms with van der Waals surface area (Å²) in [6.45, 7) is -0.00692. The Morgan fingerprint density at radius 2 is 1.39 bits per heavy atom. The number of carbonyl (C=O) groups excluding carboxylic acids is 2. The van der Waals surface area contributed by atoms with Gasteiger partial charge in [-0.25, -0.2) is 4.79 Å². The van der Waals surface area contributed by atoms with Gasteiger partial charge in [0.2, 0.25) is 11.8 Å². The van der Waals surface area contributed by atoms with Crippen LogP contribution in [0.5, 0.6) is 0 Å². The topological polar surface area (TPSA) is 123 Å². The van der Waals surface area contributed by atoms with Crippen LogP contribution in [0.2, 0.25) is 0 Å². The third-order valence-corrected chi connectivity index (χ3v) is 5.05. The number of rotatable bonds is 9. The van der Waals surface area contributed by atoms with Gasteiger partial charge >= 0.3 is 11.9 Å². The first kappa shape index (κ1) is 23.7. The molecule has 0 radical (unpaired) electrons. The van der Waals surface area contributed by atoms with Crippen LogP contribution in [0.15, 0.2) is 91.0 Å². The van der Waals surface area contributed by atoms with Crippen LogP contribution in [0, 0.1) is 17.2 Å². The molecule has 7 heteroatoms. The first-order valence-electron chi connectivity index (χ1n) is 10.3. The van der Waals surface area contributed by atoms with Gasteiger partial charge in [0.1, 0.15) is 18.6 Å². The Morgan fingerprint density at radius 3 is 1.94 bits per heavy atom. The van der Waals surface area contributed by atoms with E-state index in [1.54, 1.807) is 78.9 Å². The Morgan fingerprint density at radius 1 is 0.879 bits per heavy atom. The van der Waals surface area contributed by atoms with Gasteiger partial charge in [0.05, 0.1) is 0 Å². The number of hydrogen-bond donors (Lipinski definition) is 2. The zero-order valence-electron chi connectivity index (χ0n) is 17.8. The summed E-state index contributed by atoms with van der Waals surface area (Å²) in [6, 6.07) is 27.8. The van der Waals surface area contributed by atoms with Crippen LogP contribution < -0.4 is 5.73 Å². The molecule has 0 aromatic heterocycles. The lowest BCUT2D eigenvalue weighted by Gasteiger charge is -2.27. The van der Waals surface area contributed by atoms with Crippen LogP contribution in [-0.2, 0) is 32.1 Å². The Balaban J connectivity index is 1.82. The SMILES string of the molecule is N#CC(N)(O)C(Cc1ccccc1)C(=O)OC(C(=O)OCc1ccccc1)c1ccccc1. The molecule has 0 bridgehead atoms. The van der Waals surface area contributed by atoms with E-state index < -0.39 is 29.7 Å². The van der Waals surface area contributed by atoms with Crippen LogP contribution in [0.4, 0.5) is 0 Å². The Hall–Kier alpha value is -3.99. The minimum atomic E-state index is -2.50. The van der Waals surface area contributed by atoms with Gasteiger partial charge in [-0.2, -0.15) is 5.26 Å². The fourth-order valence-electron chi connectivity index (χ4n) is 3.23. The molecule has 0 saturated carbocycles. The van der Waals surface area contributed by atoms with Crippen molar-refractivity contribution in [3.8, 4) is 6.07 Å². The second-order valence-corrected chi connectivity index (χ2v) is 7.50. The molecule has 0 fully saturated rings. The predicted octanol–water partition coefficient (Wildman–Crippen LogP) is 3.04. The van der Waals surface area contributed by atoms with Crippen molar-refractivity contribution in [1.82, 2.24) is 0 Å². The fraction of sp³-hybridized carbons (Fsp3) is 0.192. The average Bonchev–Trinajstić information content (AvgIpc) is 2.86. The van der Waals surface area contributed by atoms with E-state index in [9.17, 15) is 20.0 Å². The highest BCUT2D eigenvalue weighted by atomic mass is 16.6. The van der Waals surface area contributed by atoms with E-state index in [1.807, 2.05) is 18.2 Å². The van der Waals surface area contributed by atoms with E-state index in [0.29, 0.717) is 11.1 Å². The molecule has 0 aliphatic carbocycles. The second kappa shape index (κ2) is 11.0. The number of benzene rings is 3. The summed E-state index contributed by atoms with van der Waals surface area (Å²) >= 11 is 0. The zero-order chi connectivity index (χ0) is 23.7. The maximum absolute atomic E-state index is 13.1. The summed E-state index contributed by atoms with van der Waals surface area (Å²) in [5.41, 5.74) is 5.04.